The van der Waals surface area contributed by atoms with Gasteiger partial charge in [0, 0.05) is 10.9 Å². The largest absolute Gasteiger partial charge is 0.479 e. The van der Waals surface area contributed by atoms with Crippen LogP contribution in [-0.4, -0.2) is 17.0 Å². The second-order valence-electron chi connectivity index (χ2n) is 6.25. The van der Waals surface area contributed by atoms with E-state index in [1.807, 2.05) is 30.5 Å². The molecular weight excluding hydrogens is 351 g/mol. The zero-order valence-electron chi connectivity index (χ0n) is 14.4. The molecule has 26 heavy (non-hydrogen) atoms. The fourth-order valence-corrected chi connectivity index (χ4v) is 3.62. The summed E-state index contributed by atoms with van der Waals surface area (Å²) in [6.45, 7) is 4.06. The molecule has 6 heteroatoms. The van der Waals surface area contributed by atoms with E-state index in [-0.39, 0.29) is 11.7 Å². The first-order chi connectivity index (χ1) is 12.5. The molecule has 1 aliphatic heterocycles. The number of carbonyl (C=O) groups is 1. The molecule has 4 rings (SSSR count). The molecule has 0 spiro atoms. The molecular formula is C20H17FN2O2S. The maximum atomic E-state index is 13.2. The predicted octanol–water partition coefficient (Wildman–Crippen LogP) is 4.57. The van der Waals surface area contributed by atoms with Crippen molar-refractivity contribution >= 4 is 22.9 Å². The lowest BCUT2D eigenvalue weighted by molar-refractivity contribution is -0.125. The molecule has 2 heterocycles. The summed E-state index contributed by atoms with van der Waals surface area (Å²) in [4.78, 5) is 18.9. The van der Waals surface area contributed by atoms with Crippen LogP contribution in [0.4, 0.5) is 10.1 Å². The molecule has 1 aromatic heterocycles. The monoisotopic (exact) mass is 368 g/mol. The van der Waals surface area contributed by atoms with Crippen LogP contribution in [0.5, 0.6) is 5.75 Å². The van der Waals surface area contributed by atoms with E-state index < -0.39 is 6.10 Å². The number of fused-ring (bicyclic) bond motifs is 1. The van der Waals surface area contributed by atoms with E-state index in [9.17, 15) is 9.18 Å². The van der Waals surface area contributed by atoms with E-state index in [1.54, 1.807) is 35.3 Å². The van der Waals surface area contributed by atoms with E-state index in [4.69, 9.17) is 4.74 Å². The van der Waals surface area contributed by atoms with Gasteiger partial charge >= 0.3 is 0 Å². The van der Waals surface area contributed by atoms with Gasteiger partial charge in [0.25, 0.3) is 5.91 Å². The SMILES string of the molecule is Cc1nc(-c2ccc3c(c2)N(Cc2ccc(F)cc2)C(=O)C(C)O3)cs1. The van der Waals surface area contributed by atoms with Crippen LogP contribution in [0.1, 0.15) is 17.5 Å². The summed E-state index contributed by atoms with van der Waals surface area (Å²) in [7, 11) is 0. The molecule has 3 aromatic rings. The minimum Gasteiger partial charge on any atom is -0.479 e. The average molecular weight is 368 g/mol. The highest BCUT2D eigenvalue weighted by Crippen LogP contribution is 2.38. The van der Waals surface area contributed by atoms with Gasteiger partial charge in [0.1, 0.15) is 11.6 Å². The Balaban J connectivity index is 1.74. The number of carbonyl (C=O) groups excluding carboxylic acids is 1. The minimum atomic E-state index is -0.560. The highest BCUT2D eigenvalue weighted by atomic mass is 32.1. The number of aromatic nitrogens is 1. The number of benzene rings is 2. The van der Waals surface area contributed by atoms with Crippen molar-refractivity contribution in [3.8, 4) is 17.0 Å². The topological polar surface area (TPSA) is 42.4 Å². The number of ether oxygens (including phenoxy) is 1. The highest BCUT2D eigenvalue weighted by Gasteiger charge is 2.32. The Morgan fingerprint density at radius 1 is 1.23 bits per heavy atom. The molecule has 4 nitrogen and oxygen atoms in total. The van der Waals surface area contributed by atoms with Gasteiger partial charge in [0.2, 0.25) is 0 Å². The molecule has 0 saturated carbocycles. The van der Waals surface area contributed by atoms with Crippen molar-refractivity contribution in [3.63, 3.8) is 0 Å². The van der Waals surface area contributed by atoms with Crippen LogP contribution >= 0.6 is 11.3 Å². The van der Waals surface area contributed by atoms with Crippen LogP contribution in [0.2, 0.25) is 0 Å². The fourth-order valence-electron chi connectivity index (χ4n) is 3.00. The van der Waals surface area contributed by atoms with Crippen molar-refractivity contribution in [3.05, 3.63) is 64.2 Å². The van der Waals surface area contributed by atoms with Gasteiger partial charge in [-0.2, -0.15) is 0 Å². The third-order valence-corrected chi connectivity index (χ3v) is 5.11. The van der Waals surface area contributed by atoms with Crippen molar-refractivity contribution in [1.29, 1.82) is 0 Å². The van der Waals surface area contributed by atoms with Gasteiger partial charge in [0.05, 0.1) is 22.9 Å². The van der Waals surface area contributed by atoms with Crippen LogP contribution in [0, 0.1) is 12.7 Å². The normalized spacial score (nSPS) is 16.3. The third kappa shape index (κ3) is 3.08. The van der Waals surface area contributed by atoms with Gasteiger partial charge in [-0.1, -0.05) is 12.1 Å². The molecule has 0 saturated heterocycles. The first-order valence-corrected chi connectivity index (χ1v) is 9.18. The standard InChI is InChI=1S/C20H17FN2O2S/c1-12-20(24)23(10-14-3-6-16(21)7-4-14)18-9-15(5-8-19(18)25-12)17-11-26-13(2)22-17/h3-9,11-12H,10H2,1-2H3. The summed E-state index contributed by atoms with van der Waals surface area (Å²) in [5, 5.41) is 2.98. The lowest BCUT2D eigenvalue weighted by atomic mass is 10.1. The number of anilines is 1. The second-order valence-corrected chi connectivity index (χ2v) is 7.31. The number of hydrogen-bond donors (Lipinski definition) is 0. The van der Waals surface area contributed by atoms with Crippen LogP contribution in [0.15, 0.2) is 47.8 Å². The van der Waals surface area contributed by atoms with E-state index in [2.05, 4.69) is 4.98 Å². The third-order valence-electron chi connectivity index (χ3n) is 4.34. The molecule has 0 N–H and O–H groups in total. The average Bonchev–Trinajstić information content (AvgIpc) is 3.07. The molecule has 1 unspecified atom stereocenters. The van der Waals surface area contributed by atoms with E-state index in [1.165, 1.54) is 12.1 Å². The molecule has 132 valence electrons. The van der Waals surface area contributed by atoms with Gasteiger partial charge < -0.3 is 9.64 Å². The smallest absolute Gasteiger partial charge is 0.268 e. The Morgan fingerprint density at radius 3 is 2.69 bits per heavy atom. The number of amides is 1. The lowest BCUT2D eigenvalue weighted by Crippen LogP contribution is -2.44. The zero-order valence-corrected chi connectivity index (χ0v) is 15.2. The fraction of sp³-hybridized carbons (Fsp3) is 0.200. The van der Waals surface area contributed by atoms with Crippen molar-refractivity contribution in [2.75, 3.05) is 4.90 Å². The molecule has 1 aliphatic rings. The number of rotatable bonds is 3. The van der Waals surface area contributed by atoms with Crippen molar-refractivity contribution < 1.29 is 13.9 Å². The number of aryl methyl sites for hydroxylation is 1. The molecule has 2 aromatic carbocycles. The summed E-state index contributed by atoms with van der Waals surface area (Å²) in [5.74, 6) is 0.250. The van der Waals surface area contributed by atoms with Crippen molar-refractivity contribution in [2.45, 2.75) is 26.5 Å². The summed E-state index contributed by atoms with van der Waals surface area (Å²) in [5.41, 5.74) is 3.38. The molecule has 0 radical (unpaired) electrons. The van der Waals surface area contributed by atoms with E-state index in [0.717, 1.165) is 21.8 Å². The van der Waals surface area contributed by atoms with Crippen LogP contribution in [0.3, 0.4) is 0 Å². The van der Waals surface area contributed by atoms with E-state index >= 15 is 0 Å². The van der Waals surface area contributed by atoms with Gasteiger partial charge in [-0.15, -0.1) is 11.3 Å². The number of thiazole rings is 1. The first kappa shape index (κ1) is 16.7. The molecule has 1 amide bonds. The Kier molecular flexibility index (Phi) is 4.20. The number of halogens is 1. The summed E-state index contributed by atoms with van der Waals surface area (Å²) >= 11 is 1.58. The van der Waals surface area contributed by atoms with Gasteiger partial charge in [0.15, 0.2) is 6.10 Å². The predicted molar refractivity (Wildman–Crippen MR) is 100.0 cm³/mol. The van der Waals surface area contributed by atoms with Gasteiger partial charge in [-0.05, 0) is 49.7 Å². The quantitative estimate of drug-likeness (QED) is 0.680. The Bertz CT molecular complexity index is 968. The maximum absolute atomic E-state index is 13.2. The molecule has 0 fully saturated rings. The number of hydrogen-bond acceptors (Lipinski definition) is 4. The second kappa shape index (κ2) is 6.53. The number of nitrogens with zero attached hydrogens (tertiary/aromatic N) is 2. The minimum absolute atomic E-state index is 0.117. The summed E-state index contributed by atoms with van der Waals surface area (Å²) < 4.78 is 18.9. The summed E-state index contributed by atoms with van der Waals surface area (Å²) in [6, 6.07) is 11.9. The van der Waals surface area contributed by atoms with Gasteiger partial charge in [-0.3, -0.25) is 4.79 Å². The Labute approximate surface area is 154 Å². The lowest BCUT2D eigenvalue weighted by Gasteiger charge is -2.33. The maximum Gasteiger partial charge on any atom is 0.268 e. The summed E-state index contributed by atoms with van der Waals surface area (Å²) in [6.07, 6.45) is -0.560. The molecule has 1 atom stereocenters. The van der Waals surface area contributed by atoms with Crippen molar-refractivity contribution in [1.82, 2.24) is 4.98 Å². The van der Waals surface area contributed by atoms with Crippen LogP contribution in [0.25, 0.3) is 11.3 Å². The van der Waals surface area contributed by atoms with E-state index in [0.29, 0.717) is 18.0 Å². The Hall–Kier alpha value is -2.73. The first-order valence-electron chi connectivity index (χ1n) is 8.30. The van der Waals surface area contributed by atoms with Crippen molar-refractivity contribution in [2.24, 2.45) is 0 Å². The van der Waals surface area contributed by atoms with Crippen LogP contribution in [-0.2, 0) is 11.3 Å². The Morgan fingerprint density at radius 2 is 2.00 bits per heavy atom. The molecule has 0 aliphatic carbocycles. The zero-order chi connectivity index (χ0) is 18.3. The molecule has 0 bridgehead atoms. The van der Waals surface area contributed by atoms with Crippen LogP contribution < -0.4 is 9.64 Å². The highest BCUT2D eigenvalue weighted by molar-refractivity contribution is 7.09. The van der Waals surface area contributed by atoms with Gasteiger partial charge in [-0.25, -0.2) is 9.37 Å².